The van der Waals surface area contributed by atoms with Crippen LogP contribution in [0.4, 0.5) is 0 Å². The SMILES string of the molecule is CCn1c(C=O)nnc1-c1ccncc1.ClCCl. The summed E-state index contributed by atoms with van der Waals surface area (Å²) in [6.45, 7) is 2.61. The minimum absolute atomic E-state index is 0.194. The van der Waals surface area contributed by atoms with Crippen LogP contribution in [0.15, 0.2) is 24.5 Å². The smallest absolute Gasteiger partial charge is 0.197 e. The molecule has 7 heteroatoms. The number of carbonyl (C=O) groups excluding carboxylic acids is 1. The number of hydrogen-bond acceptors (Lipinski definition) is 4. The van der Waals surface area contributed by atoms with E-state index in [-0.39, 0.29) is 5.34 Å². The van der Waals surface area contributed by atoms with Crippen molar-refractivity contribution < 1.29 is 4.79 Å². The van der Waals surface area contributed by atoms with E-state index in [0.29, 0.717) is 24.5 Å². The number of pyridine rings is 1. The third-order valence-electron chi connectivity index (χ3n) is 2.14. The summed E-state index contributed by atoms with van der Waals surface area (Å²) in [5.74, 6) is 1.05. The number of hydrogen-bond donors (Lipinski definition) is 0. The highest BCUT2D eigenvalue weighted by atomic mass is 35.5. The van der Waals surface area contributed by atoms with E-state index in [4.69, 9.17) is 23.2 Å². The fourth-order valence-electron chi connectivity index (χ4n) is 1.43. The van der Waals surface area contributed by atoms with Gasteiger partial charge in [-0.1, -0.05) is 0 Å². The van der Waals surface area contributed by atoms with Gasteiger partial charge in [-0.3, -0.25) is 9.78 Å². The van der Waals surface area contributed by atoms with Crippen LogP contribution in [-0.4, -0.2) is 31.4 Å². The molecule has 0 aliphatic carbocycles. The predicted octanol–water partition coefficient (Wildman–Crippen LogP) is 2.59. The Kier molecular flexibility index (Phi) is 6.32. The highest BCUT2D eigenvalue weighted by Crippen LogP contribution is 2.16. The lowest BCUT2D eigenvalue weighted by Gasteiger charge is -2.03. The van der Waals surface area contributed by atoms with Crippen LogP contribution < -0.4 is 0 Å². The van der Waals surface area contributed by atoms with Crippen molar-refractivity contribution in [2.75, 3.05) is 5.34 Å². The Morgan fingerprint density at radius 2 is 1.89 bits per heavy atom. The van der Waals surface area contributed by atoms with E-state index >= 15 is 0 Å². The Labute approximate surface area is 115 Å². The highest BCUT2D eigenvalue weighted by molar-refractivity contribution is 6.40. The van der Waals surface area contributed by atoms with Gasteiger partial charge in [0.15, 0.2) is 17.9 Å². The van der Waals surface area contributed by atoms with Gasteiger partial charge in [0.05, 0.1) is 5.34 Å². The molecular formula is C11H12Cl2N4O. The van der Waals surface area contributed by atoms with E-state index < -0.39 is 0 Å². The molecule has 18 heavy (non-hydrogen) atoms. The maximum absolute atomic E-state index is 10.7. The number of nitrogens with zero attached hydrogens (tertiary/aromatic N) is 4. The summed E-state index contributed by atoms with van der Waals surface area (Å²) >= 11 is 9.53. The van der Waals surface area contributed by atoms with E-state index in [0.717, 1.165) is 5.56 Å². The first-order chi connectivity index (χ1) is 8.78. The summed E-state index contributed by atoms with van der Waals surface area (Å²) in [6.07, 6.45) is 4.08. The van der Waals surface area contributed by atoms with E-state index in [1.807, 2.05) is 19.1 Å². The van der Waals surface area contributed by atoms with Crippen molar-refractivity contribution in [2.24, 2.45) is 0 Å². The van der Waals surface area contributed by atoms with Gasteiger partial charge in [-0.2, -0.15) is 0 Å². The van der Waals surface area contributed by atoms with Crippen LogP contribution in [0, 0.1) is 0 Å². The average Bonchev–Trinajstić information content (AvgIpc) is 2.83. The minimum atomic E-state index is 0.194. The summed E-state index contributed by atoms with van der Waals surface area (Å²) in [7, 11) is 0. The quantitative estimate of drug-likeness (QED) is 0.643. The summed E-state index contributed by atoms with van der Waals surface area (Å²) in [5, 5.41) is 7.98. The van der Waals surface area contributed by atoms with Crippen molar-refractivity contribution in [1.82, 2.24) is 19.7 Å². The molecule has 0 N–H and O–H groups in total. The van der Waals surface area contributed by atoms with Crippen LogP contribution in [0.25, 0.3) is 11.4 Å². The zero-order chi connectivity index (χ0) is 13.4. The molecule has 5 nitrogen and oxygen atoms in total. The standard InChI is InChI=1S/C10H10N4O.CH2Cl2/c1-2-14-9(7-15)12-13-10(14)8-3-5-11-6-4-8;2-1-3/h3-7H,2H2,1H3;1H2. The normalized spacial score (nSPS) is 9.50. The van der Waals surface area contributed by atoms with Crippen molar-refractivity contribution in [3.63, 3.8) is 0 Å². The van der Waals surface area contributed by atoms with Crippen molar-refractivity contribution in [3.8, 4) is 11.4 Å². The number of rotatable bonds is 3. The van der Waals surface area contributed by atoms with Crippen molar-refractivity contribution >= 4 is 29.5 Å². The summed E-state index contributed by atoms with van der Waals surface area (Å²) < 4.78 is 1.77. The van der Waals surface area contributed by atoms with E-state index in [2.05, 4.69) is 15.2 Å². The number of aromatic nitrogens is 4. The van der Waals surface area contributed by atoms with Crippen LogP contribution in [-0.2, 0) is 6.54 Å². The maximum Gasteiger partial charge on any atom is 0.197 e. The van der Waals surface area contributed by atoms with Gasteiger partial charge in [-0.25, -0.2) is 0 Å². The number of aldehydes is 1. The second-order valence-corrected chi connectivity index (χ2v) is 3.89. The Morgan fingerprint density at radius 1 is 1.28 bits per heavy atom. The van der Waals surface area contributed by atoms with Crippen LogP contribution >= 0.6 is 23.2 Å². The fraction of sp³-hybridized carbons (Fsp3) is 0.273. The topological polar surface area (TPSA) is 60.7 Å². The van der Waals surface area contributed by atoms with Crippen LogP contribution in [0.3, 0.4) is 0 Å². The lowest BCUT2D eigenvalue weighted by atomic mass is 10.2. The Bertz CT molecular complexity index is 487. The fourth-order valence-corrected chi connectivity index (χ4v) is 1.43. The first kappa shape index (κ1) is 14.6. The van der Waals surface area contributed by atoms with Gasteiger partial charge in [0.25, 0.3) is 0 Å². The molecule has 0 aromatic carbocycles. The van der Waals surface area contributed by atoms with Gasteiger partial charge in [0, 0.05) is 24.5 Å². The lowest BCUT2D eigenvalue weighted by molar-refractivity contribution is 0.111. The molecule has 0 saturated heterocycles. The minimum Gasteiger partial charge on any atom is -0.305 e. The van der Waals surface area contributed by atoms with Gasteiger partial charge < -0.3 is 4.57 Å². The zero-order valence-electron chi connectivity index (χ0n) is 9.75. The summed E-state index contributed by atoms with van der Waals surface area (Å²) in [6, 6.07) is 3.68. The van der Waals surface area contributed by atoms with E-state index in [1.165, 1.54) is 0 Å². The summed E-state index contributed by atoms with van der Waals surface area (Å²) in [4.78, 5) is 14.6. The molecule has 0 unspecified atom stereocenters. The molecule has 0 fully saturated rings. The molecule has 0 radical (unpaired) electrons. The van der Waals surface area contributed by atoms with Gasteiger partial charge in [-0.05, 0) is 19.1 Å². The first-order valence-electron chi connectivity index (χ1n) is 5.19. The monoisotopic (exact) mass is 286 g/mol. The molecule has 96 valence electrons. The second-order valence-electron chi connectivity index (χ2n) is 3.08. The van der Waals surface area contributed by atoms with Crippen molar-refractivity contribution in [2.45, 2.75) is 13.5 Å². The van der Waals surface area contributed by atoms with Gasteiger partial charge in [0.1, 0.15) is 0 Å². The summed E-state index contributed by atoms with van der Waals surface area (Å²) in [5.41, 5.74) is 0.910. The number of carbonyl (C=O) groups is 1. The molecule has 0 saturated carbocycles. The largest absolute Gasteiger partial charge is 0.305 e. The molecule has 0 aliphatic heterocycles. The Morgan fingerprint density at radius 3 is 2.39 bits per heavy atom. The van der Waals surface area contributed by atoms with Gasteiger partial charge in [-0.15, -0.1) is 33.4 Å². The Balaban J connectivity index is 0.000000492. The molecule has 0 aliphatic rings. The van der Waals surface area contributed by atoms with Gasteiger partial charge >= 0.3 is 0 Å². The molecule has 0 spiro atoms. The van der Waals surface area contributed by atoms with Crippen molar-refractivity contribution in [1.29, 1.82) is 0 Å². The third-order valence-corrected chi connectivity index (χ3v) is 2.14. The predicted molar refractivity (Wildman–Crippen MR) is 70.9 cm³/mol. The van der Waals surface area contributed by atoms with Gasteiger partial charge in [0.2, 0.25) is 0 Å². The number of alkyl halides is 2. The van der Waals surface area contributed by atoms with Crippen LogP contribution in [0.5, 0.6) is 0 Å². The van der Waals surface area contributed by atoms with Crippen molar-refractivity contribution in [3.05, 3.63) is 30.4 Å². The Hall–Kier alpha value is -1.46. The molecule has 0 bridgehead atoms. The number of halogens is 2. The van der Waals surface area contributed by atoms with E-state index in [9.17, 15) is 4.79 Å². The van der Waals surface area contributed by atoms with Crippen LogP contribution in [0.2, 0.25) is 0 Å². The molecule has 2 heterocycles. The zero-order valence-corrected chi connectivity index (χ0v) is 11.3. The van der Waals surface area contributed by atoms with Crippen LogP contribution in [0.1, 0.15) is 17.5 Å². The van der Waals surface area contributed by atoms with E-state index in [1.54, 1.807) is 17.0 Å². The highest BCUT2D eigenvalue weighted by Gasteiger charge is 2.10. The molecule has 2 aromatic rings. The molecule has 2 rings (SSSR count). The molecule has 2 aromatic heterocycles. The maximum atomic E-state index is 10.7. The first-order valence-corrected chi connectivity index (χ1v) is 6.26. The second kappa shape index (κ2) is 7.79. The molecular weight excluding hydrogens is 275 g/mol. The third kappa shape index (κ3) is 3.51. The lowest BCUT2D eigenvalue weighted by Crippen LogP contribution is -2.02. The average molecular weight is 287 g/mol. The molecule has 0 atom stereocenters. The molecule has 0 amide bonds.